The minimum absolute atomic E-state index is 0.00165. The van der Waals surface area contributed by atoms with Gasteiger partial charge in [0.15, 0.2) is 0 Å². The number of amidine groups is 1. The van der Waals surface area contributed by atoms with Crippen molar-refractivity contribution in [2.45, 2.75) is 52.6 Å². The smallest absolute Gasteiger partial charge is 0.444 e. The van der Waals surface area contributed by atoms with Crippen LogP contribution in [0.2, 0.25) is 0 Å². The van der Waals surface area contributed by atoms with Gasteiger partial charge in [-0.2, -0.15) is 13.2 Å². The summed E-state index contributed by atoms with van der Waals surface area (Å²) in [6, 6.07) is 0. The number of carbonyl (C=O) groups is 1. The molecule has 0 bridgehead atoms. The molecule has 1 atom stereocenters. The maximum atomic E-state index is 12.8. The molecule has 0 aliphatic carbocycles. The summed E-state index contributed by atoms with van der Waals surface area (Å²) in [5.74, 6) is -1.04. The maximum absolute atomic E-state index is 12.8. The van der Waals surface area contributed by atoms with Gasteiger partial charge < -0.3 is 15.0 Å². The summed E-state index contributed by atoms with van der Waals surface area (Å²) in [5.41, 5.74) is -0.716. The molecule has 0 fully saturated rings. The first-order chi connectivity index (χ1) is 8.88. The van der Waals surface area contributed by atoms with Gasteiger partial charge in [0.25, 0.3) is 0 Å². The third-order valence-electron chi connectivity index (χ3n) is 2.20. The molecule has 8 heteroatoms. The van der Waals surface area contributed by atoms with Crippen LogP contribution in [0.1, 0.15) is 34.6 Å². The molecule has 0 radical (unpaired) electrons. The van der Waals surface area contributed by atoms with Crippen LogP contribution in [0.15, 0.2) is 4.99 Å². The molecule has 0 saturated heterocycles. The maximum Gasteiger partial charge on any atom is 0.449 e. The van der Waals surface area contributed by atoms with Crippen molar-refractivity contribution in [1.82, 2.24) is 10.2 Å². The standard InChI is InChI=1S/C12H22F3N3O2/c1-7-16-9(12(13,14)15)18(6)8(2)17-10(19)20-11(3,4)5/h8H,7H2,1-6H3,(H,17,19). The largest absolute Gasteiger partial charge is 0.449 e. The fourth-order valence-electron chi connectivity index (χ4n) is 1.31. The number of alkyl halides is 3. The van der Waals surface area contributed by atoms with Crippen molar-refractivity contribution in [1.29, 1.82) is 0 Å². The number of ether oxygens (including phenoxy) is 1. The molecule has 20 heavy (non-hydrogen) atoms. The highest BCUT2D eigenvalue weighted by molar-refractivity contribution is 5.88. The van der Waals surface area contributed by atoms with Gasteiger partial charge in [0.2, 0.25) is 5.84 Å². The van der Waals surface area contributed by atoms with E-state index in [2.05, 4.69) is 10.3 Å². The van der Waals surface area contributed by atoms with Gasteiger partial charge in [-0.15, -0.1) is 0 Å². The Hall–Kier alpha value is -1.47. The minimum atomic E-state index is -4.57. The predicted molar refractivity (Wildman–Crippen MR) is 70.6 cm³/mol. The number of alkyl carbamates (subject to hydrolysis) is 1. The number of carbonyl (C=O) groups excluding carboxylic acids is 1. The van der Waals surface area contributed by atoms with Crippen LogP contribution in [0, 0.1) is 0 Å². The van der Waals surface area contributed by atoms with E-state index in [1.165, 1.54) is 20.9 Å². The lowest BCUT2D eigenvalue weighted by Gasteiger charge is -2.30. The molecule has 1 amide bonds. The van der Waals surface area contributed by atoms with E-state index < -0.39 is 29.9 Å². The Labute approximate surface area is 117 Å². The van der Waals surface area contributed by atoms with E-state index in [4.69, 9.17) is 4.74 Å². The first-order valence-electron chi connectivity index (χ1n) is 6.22. The van der Waals surface area contributed by atoms with Crippen LogP contribution in [-0.2, 0) is 4.74 Å². The van der Waals surface area contributed by atoms with Crippen molar-refractivity contribution in [3.05, 3.63) is 0 Å². The first-order valence-corrected chi connectivity index (χ1v) is 6.22. The summed E-state index contributed by atoms with van der Waals surface area (Å²) in [5, 5.41) is 2.33. The number of halogens is 3. The number of aliphatic imine (C=N–C) groups is 1. The van der Waals surface area contributed by atoms with E-state index in [0.29, 0.717) is 0 Å². The molecular formula is C12H22F3N3O2. The third kappa shape index (κ3) is 6.63. The van der Waals surface area contributed by atoms with Gasteiger partial charge in [0.1, 0.15) is 11.8 Å². The predicted octanol–water partition coefficient (Wildman–Crippen LogP) is 2.77. The minimum Gasteiger partial charge on any atom is -0.444 e. The van der Waals surface area contributed by atoms with E-state index in [-0.39, 0.29) is 6.54 Å². The highest BCUT2D eigenvalue weighted by atomic mass is 19.4. The Morgan fingerprint density at radius 2 is 1.85 bits per heavy atom. The summed E-state index contributed by atoms with van der Waals surface area (Å²) in [6.45, 7) is 7.92. The second kappa shape index (κ2) is 6.81. The summed E-state index contributed by atoms with van der Waals surface area (Å²) in [7, 11) is 1.21. The zero-order valence-corrected chi connectivity index (χ0v) is 12.6. The van der Waals surface area contributed by atoms with Crippen LogP contribution in [-0.4, -0.2) is 48.4 Å². The zero-order valence-electron chi connectivity index (χ0n) is 12.6. The Morgan fingerprint density at radius 1 is 1.35 bits per heavy atom. The second-order valence-corrected chi connectivity index (χ2v) is 5.23. The second-order valence-electron chi connectivity index (χ2n) is 5.23. The molecule has 0 aromatic heterocycles. The van der Waals surface area contributed by atoms with E-state index >= 15 is 0 Å². The van der Waals surface area contributed by atoms with Crippen molar-refractivity contribution < 1.29 is 22.7 Å². The van der Waals surface area contributed by atoms with E-state index in [0.717, 1.165) is 4.90 Å². The summed E-state index contributed by atoms with van der Waals surface area (Å²) in [4.78, 5) is 15.8. The van der Waals surface area contributed by atoms with Crippen molar-refractivity contribution in [2.75, 3.05) is 13.6 Å². The SMILES string of the molecule is CCN=C(N(C)C(C)NC(=O)OC(C)(C)C)C(F)(F)F. The van der Waals surface area contributed by atoms with Gasteiger partial charge in [-0.3, -0.25) is 4.99 Å². The lowest BCUT2D eigenvalue weighted by atomic mass is 10.2. The molecule has 0 heterocycles. The molecule has 0 aromatic carbocycles. The molecule has 118 valence electrons. The van der Waals surface area contributed by atoms with Crippen LogP contribution in [0.25, 0.3) is 0 Å². The first kappa shape index (κ1) is 18.5. The topological polar surface area (TPSA) is 53.9 Å². The summed E-state index contributed by atoms with van der Waals surface area (Å²) < 4.78 is 43.4. The summed E-state index contributed by atoms with van der Waals surface area (Å²) >= 11 is 0. The number of rotatable bonds is 3. The quantitative estimate of drug-likeness (QED) is 0.495. The third-order valence-corrected chi connectivity index (χ3v) is 2.20. The zero-order chi connectivity index (χ0) is 16.1. The van der Waals surface area contributed by atoms with Crippen molar-refractivity contribution >= 4 is 11.9 Å². The fourth-order valence-corrected chi connectivity index (χ4v) is 1.31. The monoisotopic (exact) mass is 297 g/mol. The Kier molecular flexibility index (Phi) is 6.31. The highest BCUT2D eigenvalue weighted by Crippen LogP contribution is 2.20. The average Bonchev–Trinajstić information content (AvgIpc) is 2.20. The summed E-state index contributed by atoms with van der Waals surface area (Å²) in [6.07, 6.45) is -6.26. The van der Waals surface area contributed by atoms with E-state index in [1.807, 2.05) is 0 Å². The number of amides is 1. The lowest BCUT2D eigenvalue weighted by Crippen LogP contribution is -2.52. The van der Waals surface area contributed by atoms with Crippen LogP contribution >= 0.6 is 0 Å². The number of nitrogens with zero attached hydrogens (tertiary/aromatic N) is 2. The Bertz CT molecular complexity index is 362. The number of hydrogen-bond acceptors (Lipinski definition) is 3. The molecular weight excluding hydrogens is 275 g/mol. The molecule has 1 unspecified atom stereocenters. The van der Waals surface area contributed by atoms with Crippen LogP contribution in [0.4, 0.5) is 18.0 Å². The normalized spacial score (nSPS) is 14.8. The molecule has 0 saturated carbocycles. The highest BCUT2D eigenvalue weighted by Gasteiger charge is 2.40. The molecule has 0 aromatic rings. The fraction of sp³-hybridized carbons (Fsp3) is 0.833. The van der Waals surface area contributed by atoms with E-state index in [1.54, 1.807) is 20.8 Å². The lowest BCUT2D eigenvalue weighted by molar-refractivity contribution is -0.0702. The number of nitrogens with one attached hydrogen (secondary N) is 1. The van der Waals surface area contributed by atoms with Crippen LogP contribution in [0.3, 0.4) is 0 Å². The van der Waals surface area contributed by atoms with Crippen LogP contribution < -0.4 is 5.32 Å². The Balaban J connectivity index is 4.80. The molecule has 1 N–H and O–H groups in total. The van der Waals surface area contributed by atoms with Crippen molar-refractivity contribution in [3.63, 3.8) is 0 Å². The molecule has 0 aliphatic heterocycles. The van der Waals surface area contributed by atoms with Crippen LogP contribution in [0.5, 0.6) is 0 Å². The van der Waals surface area contributed by atoms with Gasteiger partial charge in [-0.25, -0.2) is 4.79 Å². The van der Waals surface area contributed by atoms with Gasteiger partial charge >= 0.3 is 12.3 Å². The van der Waals surface area contributed by atoms with Gasteiger partial charge in [0.05, 0.1) is 0 Å². The number of hydrogen-bond donors (Lipinski definition) is 1. The van der Waals surface area contributed by atoms with Gasteiger partial charge in [-0.1, -0.05) is 0 Å². The molecule has 5 nitrogen and oxygen atoms in total. The van der Waals surface area contributed by atoms with Gasteiger partial charge in [-0.05, 0) is 34.6 Å². The molecule has 0 aliphatic rings. The van der Waals surface area contributed by atoms with Crippen molar-refractivity contribution in [3.8, 4) is 0 Å². The molecule has 0 rings (SSSR count). The molecule has 0 spiro atoms. The van der Waals surface area contributed by atoms with Gasteiger partial charge in [0, 0.05) is 13.6 Å². The van der Waals surface area contributed by atoms with E-state index in [9.17, 15) is 18.0 Å². The Morgan fingerprint density at radius 3 is 2.20 bits per heavy atom. The van der Waals surface area contributed by atoms with Crippen molar-refractivity contribution in [2.24, 2.45) is 4.99 Å². The average molecular weight is 297 g/mol.